The molecule has 0 saturated heterocycles. The fraction of sp³-hybridized carbons (Fsp3) is 0.457. The number of halogens is 1. The lowest BCUT2D eigenvalue weighted by atomic mass is 9.55. The molecule has 7 atom stereocenters. The van der Waals surface area contributed by atoms with Gasteiger partial charge in [0.1, 0.15) is 12.0 Å². The number of amides is 2. The Bertz CT molecular complexity index is 1940. The first kappa shape index (κ1) is 43.3. The van der Waals surface area contributed by atoms with Crippen LogP contribution < -0.4 is 10.6 Å². The molecule has 1 fully saturated rings. The number of aliphatic carboxylic acids is 1. The number of anilines is 1. The van der Waals surface area contributed by atoms with Gasteiger partial charge in [-0.15, -0.1) is 0 Å². The van der Waals surface area contributed by atoms with Crippen molar-refractivity contribution >= 4 is 23.5 Å². The highest BCUT2D eigenvalue weighted by atomic mass is 19.1. The number of hydrogen-bond acceptors (Lipinski definition) is 6. The van der Waals surface area contributed by atoms with Crippen LogP contribution in [0.5, 0.6) is 0 Å². The highest BCUT2D eigenvalue weighted by molar-refractivity contribution is 6.08. The van der Waals surface area contributed by atoms with Crippen LogP contribution in [0.3, 0.4) is 0 Å². The van der Waals surface area contributed by atoms with E-state index >= 15 is 4.79 Å². The predicted octanol–water partition coefficient (Wildman–Crippen LogP) is 8.43. The molecule has 0 radical (unpaired) electrons. The molecule has 5 unspecified atom stereocenters. The van der Waals surface area contributed by atoms with Crippen LogP contribution in [0.4, 0.5) is 10.1 Å². The molecule has 1 saturated carbocycles. The number of carboxylic acid groups (broad SMARTS) is 1. The maximum Gasteiger partial charge on any atom is 0.303 e. The van der Waals surface area contributed by atoms with Gasteiger partial charge in [-0.1, -0.05) is 95.3 Å². The van der Waals surface area contributed by atoms with Crippen LogP contribution in [0.25, 0.3) is 11.1 Å². The third kappa shape index (κ3) is 10.0. The molecule has 11 heteroatoms. The molecule has 0 aliphatic heterocycles. The van der Waals surface area contributed by atoms with Crippen molar-refractivity contribution in [2.24, 2.45) is 22.7 Å². The molecule has 10 nitrogen and oxygen atoms in total. The molecular formula is C46H58FN3O7. The molecule has 1 heterocycles. The minimum absolute atomic E-state index is 0.0556. The van der Waals surface area contributed by atoms with E-state index in [4.69, 9.17) is 4.74 Å². The van der Waals surface area contributed by atoms with E-state index in [2.05, 4.69) is 10.6 Å². The largest absolute Gasteiger partial charge is 0.481 e. The average Bonchev–Trinajstić information content (AvgIpc) is 3.61. The summed E-state index contributed by atoms with van der Waals surface area (Å²) in [5, 5.41) is 38.8. The van der Waals surface area contributed by atoms with Gasteiger partial charge >= 0.3 is 5.97 Å². The van der Waals surface area contributed by atoms with E-state index < -0.39 is 58.9 Å². The first-order valence-corrected chi connectivity index (χ1v) is 19.9. The van der Waals surface area contributed by atoms with Gasteiger partial charge in [0.2, 0.25) is 5.91 Å². The van der Waals surface area contributed by atoms with Crippen molar-refractivity contribution in [2.75, 3.05) is 11.9 Å². The first-order chi connectivity index (χ1) is 27.0. The van der Waals surface area contributed by atoms with Crippen molar-refractivity contribution in [3.8, 4) is 11.1 Å². The maximum atomic E-state index is 15.3. The lowest BCUT2D eigenvalue weighted by molar-refractivity contribution is -0.199. The van der Waals surface area contributed by atoms with Crippen LogP contribution in [0.2, 0.25) is 0 Å². The number of aliphatic hydroxyl groups is 2. The second-order valence-corrected chi connectivity index (χ2v) is 16.7. The van der Waals surface area contributed by atoms with E-state index in [0.29, 0.717) is 35.2 Å². The van der Waals surface area contributed by atoms with Crippen molar-refractivity contribution in [3.05, 3.63) is 114 Å². The second kappa shape index (κ2) is 18.6. The number of aliphatic hydroxyl groups excluding tert-OH is 2. The summed E-state index contributed by atoms with van der Waals surface area (Å²) in [6.45, 7) is 11.9. The Kier molecular flexibility index (Phi) is 14.1. The van der Waals surface area contributed by atoms with Gasteiger partial charge in [-0.25, -0.2) is 4.39 Å². The third-order valence-electron chi connectivity index (χ3n) is 11.7. The van der Waals surface area contributed by atoms with Crippen molar-refractivity contribution in [3.63, 3.8) is 0 Å². The van der Waals surface area contributed by atoms with Crippen molar-refractivity contribution < 1.29 is 38.8 Å². The van der Waals surface area contributed by atoms with Crippen LogP contribution in [-0.4, -0.2) is 62.6 Å². The van der Waals surface area contributed by atoms with E-state index in [9.17, 15) is 29.3 Å². The fourth-order valence-corrected chi connectivity index (χ4v) is 8.66. The maximum absolute atomic E-state index is 15.3. The average molecular weight is 784 g/mol. The summed E-state index contributed by atoms with van der Waals surface area (Å²) < 4.78 is 22.0. The number of carboxylic acids is 1. The number of ether oxygens (including phenoxy) is 1. The molecule has 5 rings (SSSR count). The highest BCUT2D eigenvalue weighted by Crippen LogP contribution is 2.52. The third-order valence-corrected chi connectivity index (χ3v) is 11.7. The van der Waals surface area contributed by atoms with Gasteiger partial charge in [0.25, 0.3) is 5.91 Å². The summed E-state index contributed by atoms with van der Waals surface area (Å²) in [5.74, 6) is -2.99. The summed E-state index contributed by atoms with van der Waals surface area (Å²) in [7, 11) is 0. The lowest BCUT2D eigenvalue weighted by Gasteiger charge is -2.54. The number of nitrogens with zero attached hydrogens (tertiary/aromatic N) is 1. The summed E-state index contributed by atoms with van der Waals surface area (Å²) in [5.41, 5.74) is 0.963. The van der Waals surface area contributed by atoms with Crippen LogP contribution in [0.1, 0.15) is 102 Å². The van der Waals surface area contributed by atoms with Gasteiger partial charge in [-0.3, -0.25) is 14.4 Å². The Morgan fingerprint density at radius 2 is 1.56 bits per heavy atom. The molecule has 0 bridgehead atoms. The smallest absolute Gasteiger partial charge is 0.303 e. The quantitative estimate of drug-likeness (QED) is 0.0766. The molecule has 4 aromatic rings. The number of nitrogens with one attached hydrogen (secondary N) is 2. The van der Waals surface area contributed by atoms with Crippen molar-refractivity contribution in [1.29, 1.82) is 0 Å². The number of benzene rings is 3. The predicted molar refractivity (Wildman–Crippen MR) is 219 cm³/mol. The fourth-order valence-electron chi connectivity index (χ4n) is 8.66. The van der Waals surface area contributed by atoms with Crippen LogP contribution in [0, 0.1) is 28.5 Å². The van der Waals surface area contributed by atoms with Crippen LogP contribution >= 0.6 is 0 Å². The Labute approximate surface area is 335 Å². The molecule has 0 spiro atoms. The van der Waals surface area contributed by atoms with Crippen LogP contribution in [-0.2, 0) is 14.3 Å². The lowest BCUT2D eigenvalue weighted by Crippen LogP contribution is -2.65. The number of hydrogen-bond donors (Lipinski definition) is 5. The van der Waals surface area contributed by atoms with Crippen molar-refractivity contribution in [1.82, 2.24) is 9.88 Å². The summed E-state index contributed by atoms with van der Waals surface area (Å²) in [6.07, 6.45) is 0.651. The Hall–Kier alpha value is -4.84. The molecular weight excluding hydrogens is 726 g/mol. The van der Waals surface area contributed by atoms with E-state index in [1.807, 2.05) is 101 Å². The minimum atomic E-state index is -1.37. The second-order valence-electron chi connectivity index (χ2n) is 16.7. The normalized spacial score (nSPS) is 21.4. The number of carbonyl (C=O) groups excluding carboxylic acids is 2. The summed E-state index contributed by atoms with van der Waals surface area (Å²) in [4.78, 5) is 41.5. The summed E-state index contributed by atoms with van der Waals surface area (Å²) >= 11 is 0. The van der Waals surface area contributed by atoms with Crippen LogP contribution in [0.15, 0.2) is 97.3 Å². The molecule has 2 amide bonds. The van der Waals surface area contributed by atoms with Gasteiger partial charge < -0.3 is 35.3 Å². The van der Waals surface area contributed by atoms with Gasteiger partial charge in [-0.2, -0.15) is 0 Å². The number of aromatic nitrogens is 1. The molecule has 1 aliphatic rings. The zero-order valence-electron chi connectivity index (χ0n) is 33.8. The summed E-state index contributed by atoms with van der Waals surface area (Å²) in [6, 6.07) is 24.5. The van der Waals surface area contributed by atoms with E-state index in [1.165, 1.54) is 12.1 Å². The standard InChI is InChI=1S/C46H58FN3O7/c1-7-57-41-39(52)25-35(51)26-46(41,45(4,5)6)44(56)49-42(36(29(2)3)23-20-32(24-40(53)54)30-18-21-33(47)22-19-30)50-27-37(31-14-10-8-11-15-31)38(28-50)43(55)48-34-16-12-9-13-17-34/h8-19,21-22,27-29,32,35-36,39,41-42,51-52H,7,20,23-26H2,1-6H3,(H,48,55)(H,49,56)(H,53,54)/t32?,35?,36?,39?,41-,42?,46-/m0/s1. The van der Waals surface area contributed by atoms with E-state index in [1.54, 1.807) is 30.5 Å². The van der Waals surface area contributed by atoms with Gasteiger partial charge in [0, 0.05) is 42.6 Å². The Balaban J connectivity index is 1.65. The van der Waals surface area contributed by atoms with Gasteiger partial charge in [0.05, 0.1) is 35.7 Å². The van der Waals surface area contributed by atoms with E-state index in [0.717, 1.165) is 5.56 Å². The minimum Gasteiger partial charge on any atom is -0.481 e. The number of carbonyl (C=O) groups is 3. The number of rotatable bonds is 16. The van der Waals surface area contributed by atoms with E-state index in [-0.39, 0.29) is 43.6 Å². The Morgan fingerprint density at radius 3 is 2.14 bits per heavy atom. The first-order valence-electron chi connectivity index (χ1n) is 19.9. The highest BCUT2D eigenvalue weighted by Gasteiger charge is 2.60. The Morgan fingerprint density at radius 1 is 0.930 bits per heavy atom. The molecule has 5 N–H and O–H groups in total. The molecule has 57 heavy (non-hydrogen) atoms. The zero-order valence-corrected chi connectivity index (χ0v) is 33.8. The molecule has 306 valence electrons. The molecule has 1 aromatic heterocycles. The monoisotopic (exact) mass is 783 g/mol. The van der Waals surface area contributed by atoms with Crippen molar-refractivity contribution in [2.45, 2.75) is 104 Å². The number of para-hydroxylation sites is 1. The molecule has 1 aliphatic carbocycles. The van der Waals surface area contributed by atoms with Gasteiger partial charge in [0.15, 0.2) is 0 Å². The topological polar surface area (TPSA) is 150 Å². The molecule has 3 aromatic carbocycles. The SMILES string of the molecule is CCO[C@H]1C(O)CC(O)C[C@]1(C(=O)NC(C(CCC(CC(=O)O)c1ccc(F)cc1)C(C)C)n1cc(C(=O)Nc2ccccc2)c(-c2ccccc2)c1)C(C)(C)C. The zero-order chi connectivity index (χ0) is 41.5. The van der Waals surface area contributed by atoms with Gasteiger partial charge in [-0.05, 0) is 78.8 Å².